The number of nitrogens with one attached hydrogen (secondary N) is 3. The summed E-state index contributed by atoms with van der Waals surface area (Å²) in [7, 11) is 4.00. The number of thioether (sulfide) groups is 1. The number of aliphatic imine (C=N–C) groups is 1. The van der Waals surface area contributed by atoms with Crippen LogP contribution in [-0.2, 0) is 34.1 Å². The van der Waals surface area contributed by atoms with Crippen LogP contribution in [0.2, 0.25) is 0 Å². The highest BCUT2D eigenvalue weighted by molar-refractivity contribution is 7.98. The second-order valence-electron chi connectivity index (χ2n) is 7.81. The van der Waals surface area contributed by atoms with Gasteiger partial charge in [0.1, 0.15) is 17.9 Å². The molecule has 2 unspecified atom stereocenters. The van der Waals surface area contributed by atoms with E-state index < -0.39 is 12.2 Å². The summed E-state index contributed by atoms with van der Waals surface area (Å²) in [5.41, 5.74) is 9.31. The summed E-state index contributed by atoms with van der Waals surface area (Å²) in [6.45, 7) is 4.55. The lowest BCUT2D eigenvalue weighted by atomic mass is 10.1. The van der Waals surface area contributed by atoms with E-state index in [4.69, 9.17) is 5.10 Å². The molecule has 3 N–H and O–H groups in total. The fraction of sp³-hybridized carbons (Fsp3) is 0.478. The summed E-state index contributed by atoms with van der Waals surface area (Å²) in [5, 5.41) is 7.49. The van der Waals surface area contributed by atoms with Gasteiger partial charge in [0, 0.05) is 44.1 Å². The molecule has 1 aromatic heterocycles. The van der Waals surface area contributed by atoms with Crippen LogP contribution >= 0.6 is 11.8 Å². The topological polar surface area (TPSA) is 104 Å². The number of aryl methyl sites for hydroxylation is 1. The number of benzene rings is 1. The Morgan fingerprint density at radius 3 is 2.76 bits per heavy atom. The van der Waals surface area contributed by atoms with Crippen molar-refractivity contribution in [1.29, 1.82) is 0 Å². The molecule has 1 amide bonds. The van der Waals surface area contributed by atoms with Crippen LogP contribution in [0.3, 0.4) is 0 Å². The van der Waals surface area contributed by atoms with Gasteiger partial charge in [-0.15, -0.1) is 0 Å². The fourth-order valence-electron chi connectivity index (χ4n) is 3.78. The van der Waals surface area contributed by atoms with Gasteiger partial charge in [-0.05, 0) is 12.0 Å². The number of fused-ring (bicyclic) bond motifs is 1. The molecule has 9 nitrogen and oxygen atoms in total. The van der Waals surface area contributed by atoms with Gasteiger partial charge in [0.2, 0.25) is 0 Å². The summed E-state index contributed by atoms with van der Waals surface area (Å²) in [6, 6.07) is 9.29. The number of hydrazine groups is 1. The Morgan fingerprint density at radius 1 is 1.30 bits per heavy atom. The number of anilines is 1. The van der Waals surface area contributed by atoms with Crippen molar-refractivity contribution in [2.24, 2.45) is 4.99 Å². The lowest BCUT2D eigenvalue weighted by Gasteiger charge is -2.19. The van der Waals surface area contributed by atoms with E-state index in [0.717, 1.165) is 34.9 Å². The molecule has 33 heavy (non-hydrogen) atoms. The second-order valence-corrected chi connectivity index (χ2v) is 8.79. The quantitative estimate of drug-likeness (QED) is 0.480. The monoisotopic (exact) mass is 471 g/mol. The normalized spacial score (nSPS) is 17.2. The zero-order valence-electron chi connectivity index (χ0n) is 19.7. The minimum atomic E-state index is -0.760. The number of amidine groups is 1. The van der Waals surface area contributed by atoms with Crippen molar-refractivity contribution in [3.05, 3.63) is 47.2 Å². The maximum Gasteiger partial charge on any atom is 0.261 e. The average Bonchev–Trinajstić information content (AvgIpc) is 3.54. The SMILES string of the molecule is CC.CN(C)c1c2c(nn1CCC(C=O)NC(=O)C1N=C(Cc3ccccc3)NN1)CSC2. The van der Waals surface area contributed by atoms with Crippen LogP contribution in [0.5, 0.6) is 0 Å². The highest BCUT2D eigenvalue weighted by Crippen LogP contribution is 2.35. The third-order valence-corrected chi connectivity index (χ3v) is 6.23. The minimum Gasteiger partial charge on any atom is -0.363 e. The van der Waals surface area contributed by atoms with Crippen molar-refractivity contribution in [2.75, 3.05) is 19.0 Å². The van der Waals surface area contributed by atoms with E-state index in [1.165, 1.54) is 5.56 Å². The summed E-state index contributed by atoms with van der Waals surface area (Å²) >= 11 is 1.86. The molecule has 1 aromatic carbocycles. The first-order chi connectivity index (χ1) is 16.0. The van der Waals surface area contributed by atoms with Crippen LogP contribution in [0.25, 0.3) is 0 Å². The third kappa shape index (κ3) is 6.14. The zero-order valence-corrected chi connectivity index (χ0v) is 20.5. The van der Waals surface area contributed by atoms with Crippen LogP contribution in [0.4, 0.5) is 5.82 Å². The molecular formula is C23H33N7O2S. The summed E-state index contributed by atoms with van der Waals surface area (Å²) in [6.07, 6.45) is 1.08. The van der Waals surface area contributed by atoms with E-state index in [-0.39, 0.29) is 5.91 Å². The fourth-order valence-corrected chi connectivity index (χ4v) is 4.81. The van der Waals surface area contributed by atoms with Gasteiger partial charge in [-0.1, -0.05) is 44.2 Å². The Kier molecular flexibility index (Phi) is 8.90. The van der Waals surface area contributed by atoms with Crippen molar-refractivity contribution < 1.29 is 9.59 Å². The molecule has 4 rings (SSSR count). The van der Waals surface area contributed by atoms with Crippen LogP contribution < -0.4 is 21.1 Å². The number of hydrogen-bond acceptors (Lipinski definition) is 8. The predicted octanol–water partition coefficient (Wildman–Crippen LogP) is 1.87. The molecule has 10 heteroatoms. The van der Waals surface area contributed by atoms with Crippen LogP contribution in [0.1, 0.15) is 37.1 Å². The van der Waals surface area contributed by atoms with Crippen LogP contribution in [0.15, 0.2) is 35.3 Å². The van der Waals surface area contributed by atoms with E-state index in [2.05, 4.69) is 26.1 Å². The van der Waals surface area contributed by atoms with Gasteiger partial charge >= 0.3 is 0 Å². The van der Waals surface area contributed by atoms with Crippen molar-refractivity contribution >= 4 is 35.6 Å². The number of nitrogens with zero attached hydrogens (tertiary/aromatic N) is 4. The molecule has 178 valence electrons. The molecule has 2 atom stereocenters. The van der Waals surface area contributed by atoms with E-state index in [9.17, 15) is 9.59 Å². The Hall–Kier alpha value is -2.85. The zero-order chi connectivity index (χ0) is 23.8. The van der Waals surface area contributed by atoms with Gasteiger partial charge in [-0.25, -0.2) is 15.1 Å². The lowest BCUT2D eigenvalue weighted by Crippen LogP contribution is -2.48. The summed E-state index contributed by atoms with van der Waals surface area (Å²) in [4.78, 5) is 30.7. The van der Waals surface area contributed by atoms with Crippen molar-refractivity contribution in [3.63, 3.8) is 0 Å². The lowest BCUT2D eigenvalue weighted by molar-refractivity contribution is -0.125. The highest BCUT2D eigenvalue weighted by Gasteiger charge is 2.27. The average molecular weight is 472 g/mol. The van der Waals surface area contributed by atoms with Gasteiger partial charge in [0.15, 0.2) is 6.17 Å². The van der Waals surface area contributed by atoms with Gasteiger partial charge in [-0.3, -0.25) is 4.79 Å². The Morgan fingerprint density at radius 2 is 2.06 bits per heavy atom. The first kappa shape index (κ1) is 24.8. The Bertz CT molecular complexity index is 975. The minimum absolute atomic E-state index is 0.333. The standard InChI is InChI=1S/C21H27N7O2S.C2H6/c1-27(2)21-16-12-31-13-17(16)26-28(21)9-8-15(11-29)22-20(30)19-23-18(24-25-19)10-14-6-4-3-5-7-14;1-2/h3-7,11,15,19,25H,8-10,12-13H2,1-2H3,(H,22,30)(H,23,24);1-2H3. The molecule has 0 fully saturated rings. The second kappa shape index (κ2) is 11.9. The predicted molar refractivity (Wildman–Crippen MR) is 133 cm³/mol. The Balaban J connectivity index is 0.00000149. The van der Waals surface area contributed by atoms with E-state index >= 15 is 0 Å². The molecule has 0 spiro atoms. The smallest absolute Gasteiger partial charge is 0.261 e. The molecule has 2 aliphatic rings. The molecule has 0 saturated carbocycles. The first-order valence-corrected chi connectivity index (χ1v) is 12.4. The van der Waals surface area contributed by atoms with E-state index in [0.29, 0.717) is 25.2 Å². The molecule has 0 saturated heterocycles. The first-order valence-electron chi connectivity index (χ1n) is 11.3. The van der Waals surface area contributed by atoms with E-state index in [1.807, 2.05) is 74.7 Å². The number of hydrogen-bond donors (Lipinski definition) is 3. The molecule has 0 aliphatic carbocycles. The van der Waals surface area contributed by atoms with Gasteiger partial charge in [0.05, 0.1) is 11.7 Å². The van der Waals surface area contributed by atoms with Gasteiger partial charge in [-0.2, -0.15) is 16.9 Å². The van der Waals surface area contributed by atoms with Crippen molar-refractivity contribution in [1.82, 2.24) is 25.9 Å². The maximum atomic E-state index is 12.6. The summed E-state index contributed by atoms with van der Waals surface area (Å²) in [5.74, 6) is 3.31. The van der Waals surface area contributed by atoms with Gasteiger partial charge < -0.3 is 20.4 Å². The molecule has 0 radical (unpaired) electrons. The van der Waals surface area contributed by atoms with E-state index in [1.54, 1.807) is 0 Å². The van der Waals surface area contributed by atoms with Gasteiger partial charge in [0.25, 0.3) is 5.91 Å². The van der Waals surface area contributed by atoms with Crippen LogP contribution in [-0.4, -0.2) is 54.1 Å². The largest absolute Gasteiger partial charge is 0.363 e. The number of rotatable bonds is 9. The number of amides is 1. The number of carbonyl (C=O) groups excluding carboxylic acids is 2. The van der Waals surface area contributed by atoms with Crippen molar-refractivity contribution in [3.8, 4) is 0 Å². The summed E-state index contributed by atoms with van der Waals surface area (Å²) < 4.78 is 1.94. The maximum absolute atomic E-state index is 12.6. The molecular weight excluding hydrogens is 438 g/mol. The van der Waals surface area contributed by atoms with Crippen LogP contribution in [0, 0.1) is 0 Å². The molecule has 3 heterocycles. The van der Waals surface area contributed by atoms with Crippen molar-refractivity contribution in [2.45, 2.75) is 56.9 Å². The number of carbonyl (C=O) groups is 2. The molecule has 2 aromatic rings. The number of aldehydes is 1. The molecule has 0 bridgehead atoms. The molecule has 2 aliphatic heterocycles. The third-order valence-electron chi connectivity index (χ3n) is 5.26. The Labute approximate surface area is 199 Å². The number of aromatic nitrogens is 2. The highest BCUT2D eigenvalue weighted by atomic mass is 32.2.